The maximum atomic E-state index is 14.0. The van der Waals surface area contributed by atoms with Gasteiger partial charge in [-0.1, -0.05) is 60.7 Å². The fraction of sp³-hybridized carbons (Fsp3) is 0.208. The Morgan fingerprint density at radius 1 is 0.848 bits per heavy atom. The Hall–Kier alpha value is -2.77. The second-order valence-corrected chi connectivity index (χ2v) is 12.4. The van der Waals surface area contributed by atoms with Gasteiger partial charge in [-0.15, -0.1) is 0 Å². The lowest BCUT2D eigenvalue weighted by Crippen LogP contribution is -2.40. The molecule has 0 unspecified atom stereocenters. The van der Waals surface area contributed by atoms with Crippen LogP contribution in [0.15, 0.2) is 89.8 Å². The number of anilines is 1. The van der Waals surface area contributed by atoms with Crippen LogP contribution in [0.1, 0.15) is 0 Å². The van der Waals surface area contributed by atoms with Gasteiger partial charge < -0.3 is 14.6 Å². The lowest BCUT2D eigenvalue weighted by atomic mass is 10.3. The molecular weight excluding hydrogens is 459 g/mol. The Morgan fingerprint density at radius 3 is 1.88 bits per heavy atom. The van der Waals surface area contributed by atoms with Crippen LogP contribution in [0.3, 0.4) is 0 Å². The van der Waals surface area contributed by atoms with Gasteiger partial charge in [0.25, 0.3) is 0 Å². The lowest BCUT2D eigenvalue weighted by Gasteiger charge is -2.26. The average molecular weight is 485 g/mol. The van der Waals surface area contributed by atoms with Crippen LogP contribution in [0.25, 0.3) is 0 Å². The summed E-state index contributed by atoms with van der Waals surface area (Å²) in [4.78, 5) is 13.0. The normalized spacial score (nSPS) is 15.2. The molecule has 0 atom stereocenters. The topological polar surface area (TPSA) is 92.8 Å². The third kappa shape index (κ3) is 5.25. The van der Waals surface area contributed by atoms with Gasteiger partial charge in [-0.05, 0) is 24.3 Å². The number of morpholine rings is 1. The SMILES string of the molecule is O=C(CP(=O)(c1ccccc1)c1ccccc1)Nc1ccc(S(=O)(=O)N2CCOCC2)cc1. The third-order valence-electron chi connectivity index (χ3n) is 5.46. The molecule has 4 rings (SSSR count). The average Bonchev–Trinajstić information content (AvgIpc) is 2.86. The predicted octanol–water partition coefficient (Wildman–Crippen LogP) is 2.66. The molecule has 0 aromatic heterocycles. The highest BCUT2D eigenvalue weighted by Crippen LogP contribution is 2.43. The van der Waals surface area contributed by atoms with Gasteiger partial charge in [0.2, 0.25) is 15.9 Å². The molecule has 0 saturated carbocycles. The van der Waals surface area contributed by atoms with E-state index in [9.17, 15) is 17.8 Å². The highest BCUT2D eigenvalue weighted by molar-refractivity contribution is 7.89. The van der Waals surface area contributed by atoms with E-state index >= 15 is 0 Å². The van der Waals surface area contributed by atoms with E-state index < -0.39 is 23.1 Å². The minimum absolute atomic E-state index is 0.154. The molecule has 0 aliphatic carbocycles. The second kappa shape index (κ2) is 10.0. The molecule has 1 fully saturated rings. The summed E-state index contributed by atoms with van der Waals surface area (Å²) >= 11 is 0. The van der Waals surface area contributed by atoms with Gasteiger partial charge in [0.05, 0.1) is 24.3 Å². The molecule has 0 spiro atoms. The highest BCUT2D eigenvalue weighted by atomic mass is 32.2. The van der Waals surface area contributed by atoms with Gasteiger partial charge in [-0.25, -0.2) is 8.42 Å². The van der Waals surface area contributed by atoms with E-state index in [2.05, 4.69) is 5.32 Å². The number of nitrogens with zero attached hydrogens (tertiary/aromatic N) is 1. The van der Waals surface area contributed by atoms with E-state index in [0.29, 0.717) is 42.6 Å². The number of carbonyl (C=O) groups is 1. The zero-order valence-corrected chi connectivity index (χ0v) is 19.7. The van der Waals surface area contributed by atoms with Gasteiger partial charge >= 0.3 is 0 Å². The van der Waals surface area contributed by atoms with Crippen molar-refractivity contribution in [2.75, 3.05) is 37.8 Å². The first-order valence-electron chi connectivity index (χ1n) is 10.6. The first-order valence-corrected chi connectivity index (χ1v) is 13.9. The molecule has 172 valence electrons. The zero-order valence-electron chi connectivity index (χ0n) is 18.0. The Kier molecular flexibility index (Phi) is 7.10. The lowest BCUT2D eigenvalue weighted by molar-refractivity contribution is -0.113. The standard InChI is InChI=1S/C24H25N2O5PS/c27-24(19-32(28,21-7-3-1-4-8-21)22-9-5-2-6-10-22)25-20-11-13-23(14-12-20)33(29,30)26-15-17-31-18-16-26/h1-14H,15-19H2,(H,25,27). The van der Waals surface area contributed by atoms with Crippen molar-refractivity contribution < 1.29 is 22.5 Å². The van der Waals surface area contributed by atoms with Crippen LogP contribution in [-0.4, -0.2) is 51.1 Å². The first-order chi connectivity index (χ1) is 15.9. The Balaban J connectivity index is 1.51. The Labute approximate surface area is 193 Å². The summed E-state index contributed by atoms with van der Waals surface area (Å²) < 4.78 is 46.2. The number of carbonyl (C=O) groups excluding carboxylic acids is 1. The van der Waals surface area contributed by atoms with E-state index in [-0.39, 0.29) is 11.1 Å². The molecule has 1 N–H and O–H groups in total. The van der Waals surface area contributed by atoms with Crippen molar-refractivity contribution in [3.8, 4) is 0 Å². The number of rotatable bonds is 7. The summed E-state index contributed by atoms with van der Waals surface area (Å²) in [6.07, 6.45) is -0.200. The van der Waals surface area contributed by atoms with Crippen LogP contribution in [0.2, 0.25) is 0 Å². The van der Waals surface area contributed by atoms with Crippen LogP contribution in [0, 0.1) is 0 Å². The fourth-order valence-corrected chi connectivity index (χ4v) is 7.58. The van der Waals surface area contributed by atoms with Crippen molar-refractivity contribution in [3.05, 3.63) is 84.9 Å². The van der Waals surface area contributed by atoms with Gasteiger partial charge in [-0.3, -0.25) is 4.79 Å². The number of benzene rings is 3. The Bertz CT molecular complexity index is 1200. The van der Waals surface area contributed by atoms with Crippen molar-refractivity contribution >= 4 is 39.4 Å². The van der Waals surface area contributed by atoms with Crippen molar-refractivity contribution in [3.63, 3.8) is 0 Å². The molecule has 33 heavy (non-hydrogen) atoms. The fourth-order valence-electron chi connectivity index (χ4n) is 3.72. The highest BCUT2D eigenvalue weighted by Gasteiger charge is 2.30. The first kappa shape index (κ1) is 23.4. The summed E-state index contributed by atoms with van der Waals surface area (Å²) in [5.41, 5.74) is 0.439. The molecular formula is C24H25N2O5PS. The molecule has 7 nitrogen and oxygen atoms in total. The summed E-state index contributed by atoms with van der Waals surface area (Å²) in [7, 11) is -6.81. The van der Waals surface area contributed by atoms with Gasteiger partial charge in [0, 0.05) is 29.4 Å². The van der Waals surface area contributed by atoms with Crippen molar-refractivity contribution in [1.29, 1.82) is 0 Å². The third-order valence-corrected chi connectivity index (χ3v) is 10.4. The van der Waals surface area contributed by atoms with Crippen LogP contribution in [0.5, 0.6) is 0 Å². The second-order valence-electron chi connectivity index (χ2n) is 7.66. The molecule has 1 saturated heterocycles. The van der Waals surface area contributed by atoms with Crippen LogP contribution >= 0.6 is 7.14 Å². The van der Waals surface area contributed by atoms with Crippen LogP contribution in [0.4, 0.5) is 5.69 Å². The molecule has 0 radical (unpaired) electrons. The van der Waals surface area contributed by atoms with E-state index in [1.807, 2.05) is 12.1 Å². The van der Waals surface area contributed by atoms with Gasteiger partial charge in [0.15, 0.2) is 7.14 Å². The number of amides is 1. The van der Waals surface area contributed by atoms with E-state index in [0.717, 1.165) is 0 Å². The number of nitrogens with one attached hydrogen (secondary N) is 1. The smallest absolute Gasteiger partial charge is 0.243 e. The molecule has 1 heterocycles. The quantitative estimate of drug-likeness (QED) is 0.521. The van der Waals surface area contributed by atoms with Gasteiger partial charge in [-0.2, -0.15) is 4.31 Å². The summed E-state index contributed by atoms with van der Waals surface area (Å²) in [5.74, 6) is -0.408. The molecule has 1 amide bonds. The molecule has 1 aliphatic heterocycles. The number of ether oxygens (including phenoxy) is 1. The van der Waals surface area contributed by atoms with E-state index in [4.69, 9.17) is 4.74 Å². The van der Waals surface area contributed by atoms with Gasteiger partial charge in [0.1, 0.15) is 0 Å². The maximum Gasteiger partial charge on any atom is 0.243 e. The zero-order chi connectivity index (χ0) is 23.3. The minimum atomic E-state index is -3.61. The maximum absolute atomic E-state index is 14.0. The predicted molar refractivity (Wildman–Crippen MR) is 129 cm³/mol. The summed E-state index contributed by atoms with van der Waals surface area (Å²) in [6, 6.07) is 24.0. The summed E-state index contributed by atoms with van der Waals surface area (Å²) in [6.45, 7) is 1.37. The van der Waals surface area contributed by atoms with Crippen molar-refractivity contribution in [1.82, 2.24) is 4.31 Å². The van der Waals surface area contributed by atoms with Crippen molar-refractivity contribution in [2.45, 2.75) is 4.90 Å². The monoisotopic (exact) mass is 484 g/mol. The number of hydrogen-bond acceptors (Lipinski definition) is 5. The minimum Gasteiger partial charge on any atom is -0.379 e. The largest absolute Gasteiger partial charge is 0.379 e. The van der Waals surface area contributed by atoms with E-state index in [1.54, 1.807) is 60.7 Å². The molecule has 0 bridgehead atoms. The summed E-state index contributed by atoms with van der Waals surface area (Å²) in [5, 5.41) is 3.97. The van der Waals surface area contributed by atoms with Crippen LogP contribution in [-0.2, 0) is 24.1 Å². The van der Waals surface area contributed by atoms with Crippen molar-refractivity contribution in [2.24, 2.45) is 0 Å². The van der Waals surface area contributed by atoms with Crippen LogP contribution < -0.4 is 15.9 Å². The molecule has 9 heteroatoms. The molecule has 1 aliphatic rings. The number of sulfonamides is 1. The Morgan fingerprint density at radius 2 is 1.36 bits per heavy atom. The molecule has 3 aromatic carbocycles. The van der Waals surface area contributed by atoms with E-state index in [1.165, 1.54) is 16.4 Å². The number of hydrogen-bond donors (Lipinski definition) is 1. The molecule has 3 aromatic rings.